The van der Waals surface area contributed by atoms with Crippen LogP contribution >= 0.6 is 0 Å². The molecule has 2 aromatic rings. The average Bonchev–Trinajstić information content (AvgIpc) is 3.11. The molecule has 24 heavy (non-hydrogen) atoms. The van der Waals surface area contributed by atoms with Crippen LogP contribution in [0.2, 0.25) is 0 Å². The van der Waals surface area contributed by atoms with Gasteiger partial charge in [-0.15, -0.1) is 0 Å². The molecule has 4 rings (SSSR count). The maximum Gasteiger partial charge on any atom is 0.274 e. The lowest BCUT2D eigenvalue weighted by Gasteiger charge is -2.26. The first-order chi connectivity index (χ1) is 11.7. The molecule has 5 nitrogen and oxygen atoms in total. The van der Waals surface area contributed by atoms with E-state index < -0.39 is 0 Å². The summed E-state index contributed by atoms with van der Waals surface area (Å²) in [6.45, 7) is 1.80. The molecule has 1 amide bonds. The number of carbonyl (C=O) groups excluding carboxylic acids is 1. The van der Waals surface area contributed by atoms with Crippen LogP contribution in [0.5, 0.6) is 0 Å². The molecule has 3 heterocycles. The number of rotatable bonds is 2. The average molecular weight is 324 g/mol. The zero-order valence-electron chi connectivity index (χ0n) is 14.1. The van der Waals surface area contributed by atoms with E-state index in [1.54, 1.807) is 4.68 Å². The van der Waals surface area contributed by atoms with E-state index in [2.05, 4.69) is 39.6 Å². The number of aromatic nitrogens is 2. The molecule has 3 atom stereocenters. The molecule has 2 aliphatic rings. The van der Waals surface area contributed by atoms with Crippen molar-refractivity contribution < 1.29 is 4.79 Å². The molecule has 0 saturated carbocycles. The maximum absolute atomic E-state index is 13.0. The minimum absolute atomic E-state index is 0.0627. The molecule has 0 bridgehead atoms. The molecule has 5 heteroatoms. The zero-order chi connectivity index (χ0) is 16.5. The van der Waals surface area contributed by atoms with Crippen molar-refractivity contribution in [2.24, 2.45) is 7.05 Å². The molecule has 126 valence electrons. The normalized spacial score (nSPS) is 26.9. The van der Waals surface area contributed by atoms with Crippen LogP contribution in [0.15, 0.2) is 42.6 Å². The first-order valence-corrected chi connectivity index (χ1v) is 8.83. The number of nitrogens with zero attached hydrogens (tertiary/aromatic N) is 3. The predicted molar refractivity (Wildman–Crippen MR) is 92.9 cm³/mol. The van der Waals surface area contributed by atoms with Gasteiger partial charge in [-0.25, -0.2) is 0 Å². The van der Waals surface area contributed by atoms with Crippen LogP contribution in [0.1, 0.15) is 41.2 Å². The van der Waals surface area contributed by atoms with Crippen molar-refractivity contribution >= 4 is 5.91 Å². The second kappa shape index (κ2) is 6.40. The van der Waals surface area contributed by atoms with Gasteiger partial charge in [-0.05, 0) is 31.0 Å². The third kappa shape index (κ3) is 2.73. The molecular formula is C19H24N4O. The largest absolute Gasteiger partial charge is 0.332 e. The number of carbonyl (C=O) groups is 1. The molecule has 1 aromatic carbocycles. The number of fused-ring (bicyclic) bond motifs is 1. The fourth-order valence-electron chi connectivity index (χ4n) is 4.21. The van der Waals surface area contributed by atoms with E-state index in [0.29, 0.717) is 17.7 Å². The van der Waals surface area contributed by atoms with Gasteiger partial charge in [0.25, 0.3) is 5.91 Å². The van der Waals surface area contributed by atoms with Gasteiger partial charge in [-0.1, -0.05) is 36.8 Å². The summed E-state index contributed by atoms with van der Waals surface area (Å²) in [7, 11) is 1.85. The van der Waals surface area contributed by atoms with Crippen molar-refractivity contribution in [1.82, 2.24) is 20.0 Å². The van der Waals surface area contributed by atoms with Crippen LogP contribution in [0, 0.1) is 0 Å². The lowest BCUT2D eigenvalue weighted by Crippen LogP contribution is -2.44. The molecule has 2 fully saturated rings. The number of amides is 1. The molecule has 0 radical (unpaired) electrons. The predicted octanol–water partition coefficient (Wildman–Crippen LogP) is 2.17. The van der Waals surface area contributed by atoms with Gasteiger partial charge in [-0.3, -0.25) is 9.48 Å². The monoisotopic (exact) mass is 324 g/mol. The Balaban J connectivity index is 1.65. The lowest BCUT2D eigenvalue weighted by atomic mass is 9.90. The summed E-state index contributed by atoms with van der Waals surface area (Å²) in [5.41, 5.74) is 1.87. The van der Waals surface area contributed by atoms with Crippen LogP contribution in [0.3, 0.4) is 0 Å². The SMILES string of the molecule is Cn1ccc(C(=O)N2C[C@@H](c3ccccc3)[C@@H]3NCCCC[C@@H]32)n1. The number of nitrogens with one attached hydrogen (secondary N) is 1. The molecule has 1 N–H and O–H groups in total. The van der Waals surface area contributed by atoms with Gasteiger partial charge in [0, 0.05) is 37.8 Å². The summed E-state index contributed by atoms with van der Waals surface area (Å²) in [6.07, 6.45) is 5.25. The standard InChI is InChI=1S/C19H24N4O/c1-22-12-10-16(21-22)19(24)23-13-15(14-7-3-2-4-8-14)18-17(23)9-5-6-11-20-18/h2-4,7-8,10,12,15,17-18,20H,5-6,9,11,13H2,1H3/t15-,17-,18-/m0/s1. The Kier molecular flexibility index (Phi) is 4.10. The second-order valence-electron chi connectivity index (χ2n) is 6.89. The van der Waals surface area contributed by atoms with Crippen molar-refractivity contribution in [3.8, 4) is 0 Å². The minimum Gasteiger partial charge on any atom is -0.332 e. The van der Waals surface area contributed by atoms with Gasteiger partial charge in [-0.2, -0.15) is 5.10 Å². The molecule has 1 aromatic heterocycles. The third-order valence-electron chi connectivity index (χ3n) is 5.37. The van der Waals surface area contributed by atoms with Crippen molar-refractivity contribution in [3.05, 3.63) is 53.9 Å². The molecular weight excluding hydrogens is 300 g/mol. The number of aryl methyl sites for hydroxylation is 1. The van der Waals surface area contributed by atoms with Gasteiger partial charge in [0.1, 0.15) is 5.69 Å². The number of likely N-dealkylation sites (tertiary alicyclic amines) is 1. The summed E-state index contributed by atoms with van der Waals surface area (Å²) in [5.74, 6) is 0.412. The lowest BCUT2D eigenvalue weighted by molar-refractivity contribution is 0.0714. The van der Waals surface area contributed by atoms with Crippen molar-refractivity contribution in [3.63, 3.8) is 0 Å². The first-order valence-electron chi connectivity index (χ1n) is 8.83. The highest BCUT2D eigenvalue weighted by Crippen LogP contribution is 2.36. The number of hydrogen-bond acceptors (Lipinski definition) is 3. The number of benzene rings is 1. The van der Waals surface area contributed by atoms with E-state index in [9.17, 15) is 4.79 Å². The van der Waals surface area contributed by atoms with Crippen LogP contribution in [-0.2, 0) is 7.05 Å². The van der Waals surface area contributed by atoms with Gasteiger partial charge in [0.2, 0.25) is 0 Å². The maximum atomic E-state index is 13.0. The Labute approximate surface area is 142 Å². The Morgan fingerprint density at radius 2 is 2.04 bits per heavy atom. The van der Waals surface area contributed by atoms with Crippen molar-refractivity contribution in [2.75, 3.05) is 13.1 Å². The zero-order valence-corrected chi connectivity index (χ0v) is 14.1. The highest BCUT2D eigenvalue weighted by molar-refractivity contribution is 5.92. The molecule has 0 unspecified atom stereocenters. The van der Waals surface area contributed by atoms with Crippen molar-refractivity contribution in [2.45, 2.75) is 37.3 Å². The fourth-order valence-corrected chi connectivity index (χ4v) is 4.21. The molecule has 2 saturated heterocycles. The number of hydrogen-bond donors (Lipinski definition) is 1. The van der Waals surface area contributed by atoms with E-state index >= 15 is 0 Å². The Bertz CT molecular complexity index is 711. The minimum atomic E-state index is 0.0627. The van der Waals surface area contributed by atoms with E-state index in [1.165, 1.54) is 18.4 Å². The van der Waals surface area contributed by atoms with Gasteiger partial charge >= 0.3 is 0 Å². The Morgan fingerprint density at radius 1 is 1.21 bits per heavy atom. The van der Waals surface area contributed by atoms with Crippen LogP contribution in [-0.4, -0.2) is 45.8 Å². The first kappa shape index (κ1) is 15.4. The van der Waals surface area contributed by atoms with Crippen molar-refractivity contribution in [1.29, 1.82) is 0 Å². The molecule has 0 spiro atoms. The van der Waals surface area contributed by atoms with Crippen LogP contribution in [0.4, 0.5) is 0 Å². The summed E-state index contributed by atoms with van der Waals surface area (Å²) in [6, 6.07) is 13.0. The van der Waals surface area contributed by atoms with E-state index in [0.717, 1.165) is 19.5 Å². The van der Waals surface area contributed by atoms with E-state index in [1.807, 2.05) is 25.4 Å². The third-order valence-corrected chi connectivity index (χ3v) is 5.37. The smallest absolute Gasteiger partial charge is 0.274 e. The Hall–Kier alpha value is -2.14. The summed E-state index contributed by atoms with van der Waals surface area (Å²) in [5, 5.41) is 8.03. The van der Waals surface area contributed by atoms with Gasteiger partial charge in [0.05, 0.1) is 0 Å². The Morgan fingerprint density at radius 3 is 2.79 bits per heavy atom. The summed E-state index contributed by atoms with van der Waals surface area (Å²) in [4.78, 5) is 15.1. The topological polar surface area (TPSA) is 50.2 Å². The van der Waals surface area contributed by atoms with E-state index in [-0.39, 0.29) is 11.9 Å². The van der Waals surface area contributed by atoms with Gasteiger partial charge < -0.3 is 10.2 Å². The fraction of sp³-hybridized carbons (Fsp3) is 0.474. The molecule has 0 aliphatic carbocycles. The highest BCUT2D eigenvalue weighted by atomic mass is 16.2. The van der Waals surface area contributed by atoms with Gasteiger partial charge in [0.15, 0.2) is 0 Å². The quantitative estimate of drug-likeness (QED) is 0.921. The second-order valence-corrected chi connectivity index (χ2v) is 6.89. The van der Waals surface area contributed by atoms with Crippen LogP contribution in [0.25, 0.3) is 0 Å². The van der Waals surface area contributed by atoms with Crippen LogP contribution < -0.4 is 5.32 Å². The summed E-state index contributed by atoms with van der Waals surface area (Å²) < 4.78 is 1.70. The molecule has 2 aliphatic heterocycles. The highest BCUT2D eigenvalue weighted by Gasteiger charge is 2.45. The summed E-state index contributed by atoms with van der Waals surface area (Å²) >= 11 is 0. The van der Waals surface area contributed by atoms with E-state index in [4.69, 9.17) is 0 Å².